The Balaban J connectivity index is 1.87. The second-order valence-electron chi connectivity index (χ2n) is 8.11. The second kappa shape index (κ2) is 9.17. The Kier molecular flexibility index (Phi) is 6.78. The van der Waals surface area contributed by atoms with Gasteiger partial charge < -0.3 is 10.6 Å². The normalized spacial score (nSPS) is 12.9. The van der Waals surface area contributed by atoms with Crippen LogP contribution in [0.3, 0.4) is 0 Å². The third-order valence-electron chi connectivity index (χ3n) is 4.27. The van der Waals surface area contributed by atoms with Crippen molar-refractivity contribution < 1.29 is 13.2 Å². The highest BCUT2D eigenvalue weighted by molar-refractivity contribution is 7.89. The van der Waals surface area contributed by atoms with Crippen LogP contribution >= 0.6 is 11.3 Å². The zero-order valence-electron chi connectivity index (χ0n) is 17.8. The molecule has 7 nitrogen and oxygen atoms in total. The molecule has 3 rings (SSSR count). The topological polar surface area (TPSA) is 100 Å². The molecule has 2 amide bonds. The van der Waals surface area contributed by atoms with E-state index in [-0.39, 0.29) is 10.9 Å². The summed E-state index contributed by atoms with van der Waals surface area (Å²) < 4.78 is 28.9. The van der Waals surface area contributed by atoms with Crippen LogP contribution in [0.5, 0.6) is 0 Å². The highest BCUT2D eigenvalue weighted by Crippen LogP contribution is 2.32. The monoisotopic (exact) mass is 457 g/mol. The van der Waals surface area contributed by atoms with Crippen LogP contribution in [0.15, 0.2) is 59.6 Å². The van der Waals surface area contributed by atoms with Gasteiger partial charge in [-0.3, -0.25) is 0 Å². The third-order valence-corrected chi connectivity index (χ3v) is 6.81. The van der Waals surface area contributed by atoms with Gasteiger partial charge in [-0.05, 0) is 45.4 Å². The van der Waals surface area contributed by atoms with Crippen LogP contribution in [0.25, 0.3) is 10.4 Å². The molecule has 1 aromatic heterocycles. The molecular formula is C22H25N4O3S2. The largest absolute Gasteiger partial charge is 0.331 e. The summed E-state index contributed by atoms with van der Waals surface area (Å²) in [7, 11) is -3.86. The van der Waals surface area contributed by atoms with E-state index in [1.807, 2.05) is 37.3 Å². The number of hydrogen-bond acceptors (Lipinski definition) is 5. The van der Waals surface area contributed by atoms with Gasteiger partial charge in [-0.1, -0.05) is 36.4 Å². The molecule has 0 spiro atoms. The number of nitrogens with one attached hydrogen (secondary N) is 3. The molecule has 1 radical (unpaired) electrons. The molecular weight excluding hydrogens is 432 g/mol. The number of urea groups is 1. The molecule has 1 atom stereocenters. The molecule has 0 aliphatic heterocycles. The van der Waals surface area contributed by atoms with Gasteiger partial charge >= 0.3 is 6.03 Å². The second-order valence-corrected chi connectivity index (χ2v) is 10.6. The summed E-state index contributed by atoms with van der Waals surface area (Å²) in [5.74, 6) is 0. The van der Waals surface area contributed by atoms with Crippen molar-refractivity contribution >= 4 is 33.1 Å². The quantitative estimate of drug-likeness (QED) is 0.505. The van der Waals surface area contributed by atoms with E-state index in [1.165, 1.54) is 17.4 Å². The van der Waals surface area contributed by atoms with Crippen LogP contribution < -0.4 is 15.4 Å². The fourth-order valence-electron chi connectivity index (χ4n) is 2.98. The van der Waals surface area contributed by atoms with Crippen molar-refractivity contribution in [2.45, 2.75) is 44.2 Å². The Hall–Kier alpha value is -2.75. The van der Waals surface area contributed by atoms with Crippen LogP contribution in [0.2, 0.25) is 0 Å². The zero-order chi connectivity index (χ0) is 22.6. The molecule has 3 aromatic rings. The van der Waals surface area contributed by atoms with E-state index < -0.39 is 21.6 Å². The number of carbonyl (C=O) groups is 1. The van der Waals surface area contributed by atoms with Crippen molar-refractivity contribution in [1.29, 1.82) is 0 Å². The average Bonchev–Trinajstić information content (AvgIpc) is 3.21. The fourth-order valence-corrected chi connectivity index (χ4v) is 5.31. The van der Waals surface area contributed by atoms with Gasteiger partial charge in [0.2, 0.25) is 10.0 Å². The van der Waals surface area contributed by atoms with Crippen LogP contribution in [0.4, 0.5) is 10.5 Å². The lowest BCUT2D eigenvalue weighted by atomic mass is 10.1. The molecule has 0 saturated carbocycles. The van der Waals surface area contributed by atoms with Gasteiger partial charge in [0.1, 0.15) is 0 Å². The summed E-state index contributed by atoms with van der Waals surface area (Å²) in [5.41, 5.74) is 3.90. The average molecular weight is 458 g/mol. The van der Waals surface area contributed by atoms with Crippen LogP contribution in [0.1, 0.15) is 39.3 Å². The molecule has 0 bridgehead atoms. The van der Waals surface area contributed by atoms with E-state index in [9.17, 15) is 13.2 Å². The SMILES string of the molecule is C[C@H](NC(=O)Nc1ccc(-c2cn[c]s2)c(S(=O)(=O)NC(C)(C)C)c1)c1ccccc1. The summed E-state index contributed by atoms with van der Waals surface area (Å²) in [5, 5.41) is 5.58. The summed E-state index contributed by atoms with van der Waals surface area (Å²) in [6.07, 6.45) is 1.57. The van der Waals surface area contributed by atoms with Crippen molar-refractivity contribution in [1.82, 2.24) is 15.0 Å². The van der Waals surface area contributed by atoms with E-state index in [0.717, 1.165) is 5.56 Å². The molecule has 0 aliphatic carbocycles. The van der Waals surface area contributed by atoms with E-state index in [0.29, 0.717) is 16.1 Å². The first-order chi connectivity index (χ1) is 14.5. The van der Waals surface area contributed by atoms with Gasteiger partial charge in [0, 0.05) is 23.0 Å². The number of rotatable bonds is 6. The lowest BCUT2D eigenvalue weighted by Crippen LogP contribution is -2.40. The highest BCUT2D eigenvalue weighted by Gasteiger charge is 2.26. The van der Waals surface area contributed by atoms with Crippen LogP contribution in [-0.2, 0) is 10.0 Å². The number of carbonyl (C=O) groups excluding carboxylic acids is 1. The number of aromatic nitrogens is 1. The van der Waals surface area contributed by atoms with Crippen LogP contribution in [0, 0.1) is 5.51 Å². The van der Waals surface area contributed by atoms with Gasteiger partial charge in [0.05, 0.1) is 15.8 Å². The summed E-state index contributed by atoms with van der Waals surface area (Å²) in [4.78, 5) is 17.2. The third kappa shape index (κ3) is 6.13. The number of amides is 2. The maximum Gasteiger partial charge on any atom is 0.319 e. The Bertz CT molecular complexity index is 1140. The van der Waals surface area contributed by atoms with Crippen molar-refractivity contribution in [3.63, 3.8) is 0 Å². The van der Waals surface area contributed by atoms with Gasteiger partial charge in [0.25, 0.3) is 0 Å². The van der Waals surface area contributed by atoms with Crippen molar-refractivity contribution in [3.05, 3.63) is 65.8 Å². The van der Waals surface area contributed by atoms with Gasteiger partial charge in [-0.25, -0.2) is 22.9 Å². The number of thiazole rings is 1. The Morgan fingerprint density at radius 2 is 1.84 bits per heavy atom. The summed E-state index contributed by atoms with van der Waals surface area (Å²) >= 11 is 1.22. The molecule has 2 aromatic carbocycles. The molecule has 0 saturated heterocycles. The van der Waals surface area contributed by atoms with Gasteiger partial charge in [0.15, 0.2) is 5.51 Å². The molecule has 163 valence electrons. The van der Waals surface area contributed by atoms with E-state index in [2.05, 4.69) is 25.9 Å². The molecule has 0 fully saturated rings. The minimum atomic E-state index is -3.86. The van der Waals surface area contributed by atoms with E-state index in [1.54, 1.807) is 39.1 Å². The van der Waals surface area contributed by atoms with Gasteiger partial charge in [-0.15, -0.1) is 11.3 Å². The Labute approximate surface area is 187 Å². The number of sulfonamides is 1. The number of benzene rings is 2. The smallest absolute Gasteiger partial charge is 0.319 e. The minimum absolute atomic E-state index is 0.0639. The predicted molar refractivity (Wildman–Crippen MR) is 123 cm³/mol. The van der Waals surface area contributed by atoms with Crippen LogP contribution in [-0.4, -0.2) is 25.0 Å². The predicted octanol–water partition coefficient (Wildman–Crippen LogP) is 4.57. The highest BCUT2D eigenvalue weighted by atomic mass is 32.2. The minimum Gasteiger partial charge on any atom is -0.331 e. The molecule has 3 N–H and O–H groups in total. The standard InChI is InChI=1S/C22H25N4O3S2/c1-15(16-8-6-5-7-9-16)24-21(27)25-17-10-11-18(19-13-23-14-30-19)20(12-17)31(28,29)26-22(2,3)4/h5-13,15,26H,1-4H3,(H2,24,25,27)/t15-/m0/s1. The summed E-state index contributed by atoms with van der Waals surface area (Å²) in [6, 6.07) is 13.7. The first kappa shape index (κ1) is 22.9. The van der Waals surface area contributed by atoms with E-state index in [4.69, 9.17) is 0 Å². The fraction of sp³-hybridized carbons (Fsp3) is 0.273. The summed E-state index contributed by atoms with van der Waals surface area (Å²) in [6.45, 7) is 7.18. The Morgan fingerprint density at radius 1 is 1.13 bits per heavy atom. The number of nitrogens with zero attached hydrogens (tertiary/aromatic N) is 1. The van der Waals surface area contributed by atoms with Crippen molar-refractivity contribution in [3.8, 4) is 10.4 Å². The van der Waals surface area contributed by atoms with Crippen molar-refractivity contribution in [2.24, 2.45) is 0 Å². The maximum absolute atomic E-state index is 13.1. The Morgan fingerprint density at radius 3 is 2.45 bits per heavy atom. The molecule has 0 aliphatic rings. The maximum atomic E-state index is 13.1. The molecule has 0 unspecified atom stereocenters. The number of hydrogen-bond donors (Lipinski definition) is 3. The molecule has 9 heteroatoms. The molecule has 31 heavy (non-hydrogen) atoms. The number of anilines is 1. The lowest BCUT2D eigenvalue weighted by molar-refractivity contribution is 0.249. The molecule has 1 heterocycles. The van der Waals surface area contributed by atoms with Crippen molar-refractivity contribution in [2.75, 3.05) is 5.32 Å². The van der Waals surface area contributed by atoms with Gasteiger partial charge in [-0.2, -0.15) is 0 Å². The first-order valence-corrected chi connectivity index (χ1v) is 12.0. The lowest BCUT2D eigenvalue weighted by Gasteiger charge is -2.22. The van der Waals surface area contributed by atoms with E-state index >= 15 is 0 Å². The first-order valence-electron chi connectivity index (χ1n) is 9.68. The zero-order valence-corrected chi connectivity index (χ0v) is 19.4.